The Morgan fingerprint density at radius 1 is 1.28 bits per heavy atom. The molecule has 1 fully saturated rings. The molecular formula is C14H21BrN2O. The molecule has 1 aliphatic rings. The minimum Gasteiger partial charge on any atom is -0.384 e. The Labute approximate surface area is 118 Å². The average Bonchev–Trinajstić information content (AvgIpc) is 2.42. The molecule has 3 nitrogen and oxygen atoms in total. The average molecular weight is 313 g/mol. The van der Waals surface area contributed by atoms with E-state index >= 15 is 0 Å². The van der Waals surface area contributed by atoms with Crippen LogP contribution in [-0.2, 0) is 4.74 Å². The van der Waals surface area contributed by atoms with Gasteiger partial charge in [0, 0.05) is 43.4 Å². The highest BCUT2D eigenvalue weighted by molar-refractivity contribution is 9.10. The maximum absolute atomic E-state index is 5.38. The molecule has 0 atom stereocenters. The van der Waals surface area contributed by atoms with Crippen molar-refractivity contribution in [1.82, 2.24) is 4.90 Å². The second-order valence-electron chi connectivity index (χ2n) is 4.71. The third kappa shape index (κ3) is 4.26. The first-order valence-corrected chi connectivity index (χ1v) is 7.32. The van der Waals surface area contributed by atoms with Crippen LogP contribution in [0.5, 0.6) is 0 Å². The van der Waals surface area contributed by atoms with Gasteiger partial charge in [-0.05, 0) is 37.1 Å². The molecule has 1 heterocycles. The summed E-state index contributed by atoms with van der Waals surface area (Å²) in [5.41, 5.74) is 1.19. The van der Waals surface area contributed by atoms with Gasteiger partial charge in [-0.3, -0.25) is 0 Å². The molecule has 0 bridgehead atoms. The summed E-state index contributed by atoms with van der Waals surface area (Å²) in [4.78, 5) is 2.50. The van der Waals surface area contributed by atoms with Crippen molar-refractivity contribution in [3.63, 3.8) is 0 Å². The lowest BCUT2D eigenvalue weighted by molar-refractivity contribution is 0.0423. The van der Waals surface area contributed by atoms with E-state index < -0.39 is 0 Å². The normalized spacial score (nSPS) is 17.9. The van der Waals surface area contributed by atoms with Gasteiger partial charge in [0.1, 0.15) is 0 Å². The molecule has 1 aliphatic heterocycles. The van der Waals surface area contributed by atoms with Crippen LogP contribution in [-0.4, -0.2) is 44.3 Å². The molecule has 0 radical (unpaired) electrons. The number of rotatable bonds is 5. The summed E-state index contributed by atoms with van der Waals surface area (Å²) in [5.74, 6) is 0. The molecule has 1 saturated heterocycles. The molecule has 18 heavy (non-hydrogen) atoms. The first kappa shape index (κ1) is 13.8. The summed E-state index contributed by atoms with van der Waals surface area (Å²) in [6.07, 6.45) is 2.80. The monoisotopic (exact) mass is 312 g/mol. The molecule has 1 aromatic carbocycles. The first-order chi connectivity index (χ1) is 8.78. The number of nitrogens with zero attached hydrogens (tertiary/aromatic N) is 1. The first-order valence-electron chi connectivity index (χ1n) is 6.52. The number of piperidine rings is 1. The van der Waals surface area contributed by atoms with Crippen LogP contribution in [0, 0.1) is 0 Å². The van der Waals surface area contributed by atoms with E-state index in [9.17, 15) is 0 Å². The van der Waals surface area contributed by atoms with Crippen molar-refractivity contribution >= 4 is 21.6 Å². The van der Waals surface area contributed by atoms with E-state index in [0.717, 1.165) is 43.5 Å². The predicted octanol–water partition coefficient (Wildman–Crippen LogP) is 2.97. The summed E-state index contributed by atoms with van der Waals surface area (Å²) >= 11 is 3.44. The van der Waals surface area contributed by atoms with Gasteiger partial charge in [0.2, 0.25) is 0 Å². The molecule has 1 aromatic rings. The summed E-state index contributed by atoms with van der Waals surface area (Å²) in [5, 5.41) is 3.45. The Hall–Kier alpha value is -0.580. The summed E-state index contributed by atoms with van der Waals surface area (Å²) < 4.78 is 6.50. The number of benzene rings is 1. The molecule has 0 amide bonds. The predicted molar refractivity (Wildman–Crippen MR) is 79.1 cm³/mol. The molecule has 0 unspecified atom stereocenters. The van der Waals surface area contributed by atoms with E-state index in [0.29, 0.717) is 6.10 Å². The minimum absolute atomic E-state index is 0.473. The lowest BCUT2D eigenvalue weighted by atomic mass is 10.1. The van der Waals surface area contributed by atoms with Crippen LogP contribution >= 0.6 is 15.9 Å². The van der Waals surface area contributed by atoms with Gasteiger partial charge in [-0.15, -0.1) is 0 Å². The lowest BCUT2D eigenvalue weighted by Gasteiger charge is -2.31. The summed E-state index contributed by atoms with van der Waals surface area (Å²) in [6, 6.07) is 8.32. The van der Waals surface area contributed by atoms with Crippen LogP contribution in [0.4, 0.5) is 5.69 Å². The third-order valence-corrected chi connectivity index (χ3v) is 4.00. The van der Waals surface area contributed by atoms with Crippen molar-refractivity contribution in [3.8, 4) is 0 Å². The number of likely N-dealkylation sites (tertiary alicyclic amines) is 1. The van der Waals surface area contributed by atoms with E-state index in [1.165, 1.54) is 5.69 Å². The molecule has 0 spiro atoms. The highest BCUT2D eigenvalue weighted by Crippen LogP contribution is 2.15. The minimum atomic E-state index is 0.473. The molecule has 4 heteroatoms. The van der Waals surface area contributed by atoms with E-state index in [1.54, 1.807) is 0 Å². The number of nitrogens with one attached hydrogen (secondary N) is 1. The molecular weight excluding hydrogens is 292 g/mol. The van der Waals surface area contributed by atoms with Crippen LogP contribution in [0.1, 0.15) is 12.8 Å². The van der Waals surface area contributed by atoms with E-state index in [2.05, 4.69) is 50.4 Å². The second kappa shape index (κ2) is 7.12. The zero-order valence-electron chi connectivity index (χ0n) is 10.9. The molecule has 0 aliphatic carbocycles. The van der Waals surface area contributed by atoms with E-state index in [1.807, 2.05) is 7.11 Å². The van der Waals surface area contributed by atoms with Crippen LogP contribution in [0.25, 0.3) is 0 Å². The van der Waals surface area contributed by atoms with Crippen molar-refractivity contribution < 1.29 is 4.74 Å². The lowest BCUT2D eigenvalue weighted by Crippen LogP contribution is -2.39. The van der Waals surface area contributed by atoms with Gasteiger partial charge in [-0.25, -0.2) is 0 Å². The molecule has 100 valence electrons. The van der Waals surface area contributed by atoms with Crippen molar-refractivity contribution in [2.75, 3.05) is 38.6 Å². The van der Waals surface area contributed by atoms with Gasteiger partial charge in [-0.2, -0.15) is 0 Å². The molecule has 0 saturated carbocycles. The van der Waals surface area contributed by atoms with Gasteiger partial charge in [0.15, 0.2) is 0 Å². The van der Waals surface area contributed by atoms with Crippen LogP contribution in [0.2, 0.25) is 0 Å². The van der Waals surface area contributed by atoms with Gasteiger partial charge in [0.05, 0.1) is 6.10 Å². The highest BCUT2D eigenvalue weighted by atomic mass is 79.9. The van der Waals surface area contributed by atoms with Crippen molar-refractivity contribution in [2.24, 2.45) is 0 Å². The molecule has 2 rings (SSSR count). The fraction of sp³-hybridized carbons (Fsp3) is 0.571. The fourth-order valence-corrected chi connectivity index (χ4v) is 2.56. The molecule has 0 aromatic heterocycles. The van der Waals surface area contributed by atoms with Crippen LogP contribution in [0.15, 0.2) is 28.7 Å². The Morgan fingerprint density at radius 3 is 2.56 bits per heavy atom. The van der Waals surface area contributed by atoms with Crippen LogP contribution < -0.4 is 5.32 Å². The Kier molecular flexibility index (Phi) is 5.47. The number of methoxy groups -OCH3 is 1. The Balaban J connectivity index is 1.65. The molecule has 1 N–H and O–H groups in total. The number of anilines is 1. The number of hydrogen-bond acceptors (Lipinski definition) is 3. The van der Waals surface area contributed by atoms with Crippen molar-refractivity contribution in [2.45, 2.75) is 18.9 Å². The number of hydrogen-bond donors (Lipinski definition) is 1. The standard InChI is InChI=1S/C14H21BrN2O/c1-18-14-6-9-17(10-7-14)11-8-16-13-4-2-12(15)3-5-13/h2-5,14,16H,6-11H2,1H3. The van der Waals surface area contributed by atoms with Gasteiger partial charge in [-0.1, -0.05) is 15.9 Å². The number of halogens is 1. The van der Waals surface area contributed by atoms with Gasteiger partial charge < -0.3 is 15.0 Å². The largest absolute Gasteiger partial charge is 0.384 e. The Bertz CT molecular complexity index is 347. The SMILES string of the molecule is COC1CCN(CCNc2ccc(Br)cc2)CC1. The zero-order chi connectivity index (χ0) is 12.8. The topological polar surface area (TPSA) is 24.5 Å². The van der Waals surface area contributed by atoms with E-state index in [4.69, 9.17) is 4.74 Å². The smallest absolute Gasteiger partial charge is 0.0595 e. The zero-order valence-corrected chi connectivity index (χ0v) is 12.4. The van der Waals surface area contributed by atoms with Gasteiger partial charge >= 0.3 is 0 Å². The maximum Gasteiger partial charge on any atom is 0.0595 e. The van der Waals surface area contributed by atoms with E-state index in [-0.39, 0.29) is 0 Å². The summed E-state index contributed by atoms with van der Waals surface area (Å²) in [6.45, 7) is 4.41. The second-order valence-corrected chi connectivity index (χ2v) is 5.63. The fourth-order valence-electron chi connectivity index (χ4n) is 2.29. The quantitative estimate of drug-likeness (QED) is 0.904. The Morgan fingerprint density at radius 2 is 1.94 bits per heavy atom. The highest BCUT2D eigenvalue weighted by Gasteiger charge is 2.17. The third-order valence-electron chi connectivity index (χ3n) is 3.47. The maximum atomic E-state index is 5.38. The summed E-state index contributed by atoms with van der Waals surface area (Å²) in [7, 11) is 1.81. The van der Waals surface area contributed by atoms with Crippen molar-refractivity contribution in [1.29, 1.82) is 0 Å². The van der Waals surface area contributed by atoms with Crippen molar-refractivity contribution in [3.05, 3.63) is 28.7 Å². The van der Waals surface area contributed by atoms with Gasteiger partial charge in [0.25, 0.3) is 0 Å². The van der Waals surface area contributed by atoms with Crippen LogP contribution in [0.3, 0.4) is 0 Å². The number of ether oxygens (including phenoxy) is 1.